The van der Waals surface area contributed by atoms with Crippen LogP contribution >= 0.6 is 11.8 Å². The molecule has 1 unspecified atom stereocenters. The highest BCUT2D eigenvalue weighted by atomic mass is 32.2. The van der Waals surface area contributed by atoms with Gasteiger partial charge in [0.25, 0.3) is 0 Å². The van der Waals surface area contributed by atoms with Crippen LogP contribution in [0.15, 0.2) is 18.2 Å². The molecule has 2 aliphatic heterocycles. The lowest BCUT2D eigenvalue weighted by Crippen LogP contribution is -2.41. The number of piperidine rings is 1. The number of carbonyl (C=O) groups is 1. The lowest BCUT2D eigenvalue weighted by Gasteiger charge is -2.31. The second-order valence-electron chi connectivity index (χ2n) is 7.56. The van der Waals surface area contributed by atoms with Crippen molar-refractivity contribution in [1.29, 1.82) is 0 Å². The Labute approximate surface area is 164 Å². The average molecular weight is 386 g/mol. The number of primary amides is 1. The molecular weight excluding hydrogens is 358 g/mol. The molecule has 1 aromatic heterocycles. The predicted molar refractivity (Wildman–Crippen MR) is 111 cm³/mol. The molecule has 144 valence electrons. The van der Waals surface area contributed by atoms with Crippen LogP contribution in [0.5, 0.6) is 0 Å². The molecule has 2 fully saturated rings. The summed E-state index contributed by atoms with van der Waals surface area (Å²) < 4.78 is 0. The van der Waals surface area contributed by atoms with E-state index in [1.807, 2.05) is 11.8 Å². The minimum atomic E-state index is -0.193. The van der Waals surface area contributed by atoms with Gasteiger partial charge in [0.05, 0.1) is 18.0 Å². The number of nitrogens with zero attached hydrogens (tertiary/aromatic N) is 4. The Kier molecular flexibility index (Phi) is 5.50. The van der Waals surface area contributed by atoms with Crippen molar-refractivity contribution in [2.45, 2.75) is 26.3 Å². The van der Waals surface area contributed by atoms with Crippen molar-refractivity contribution < 1.29 is 4.79 Å². The van der Waals surface area contributed by atoms with E-state index in [0.29, 0.717) is 13.1 Å². The number of hydrogen-bond acceptors (Lipinski definition) is 6. The first-order chi connectivity index (χ1) is 13.1. The van der Waals surface area contributed by atoms with Crippen LogP contribution in [0.3, 0.4) is 0 Å². The van der Waals surface area contributed by atoms with Gasteiger partial charge in [-0.3, -0.25) is 9.69 Å². The number of rotatable bonds is 4. The Balaban J connectivity index is 1.64. The summed E-state index contributed by atoms with van der Waals surface area (Å²) in [6.45, 7) is 6.51. The molecule has 0 bridgehead atoms. The SMILES string of the molecule is Cc1ccc2nc(CN3CCCC(C(N)=O)C3)nc(N3CCSCC3)c2c1. The van der Waals surface area contributed by atoms with Crippen LogP contribution in [0.4, 0.5) is 5.82 Å². The van der Waals surface area contributed by atoms with E-state index in [9.17, 15) is 4.79 Å². The Hall–Kier alpha value is -1.86. The van der Waals surface area contributed by atoms with Crippen molar-refractivity contribution in [3.8, 4) is 0 Å². The molecule has 27 heavy (non-hydrogen) atoms. The maximum Gasteiger partial charge on any atom is 0.221 e. The molecular formula is C20H27N5OS. The first-order valence-corrected chi connectivity index (χ1v) is 10.9. The molecule has 1 amide bonds. The van der Waals surface area contributed by atoms with Gasteiger partial charge in [-0.25, -0.2) is 9.97 Å². The van der Waals surface area contributed by atoms with E-state index >= 15 is 0 Å². The molecule has 2 saturated heterocycles. The molecule has 0 saturated carbocycles. The van der Waals surface area contributed by atoms with Crippen LogP contribution in [-0.2, 0) is 11.3 Å². The van der Waals surface area contributed by atoms with E-state index in [0.717, 1.165) is 66.5 Å². The van der Waals surface area contributed by atoms with Crippen LogP contribution in [0.1, 0.15) is 24.2 Å². The van der Waals surface area contributed by atoms with Gasteiger partial charge in [-0.05, 0) is 38.4 Å². The van der Waals surface area contributed by atoms with Crippen molar-refractivity contribution in [2.24, 2.45) is 11.7 Å². The summed E-state index contributed by atoms with van der Waals surface area (Å²) >= 11 is 2.00. The fourth-order valence-electron chi connectivity index (χ4n) is 3.99. The topological polar surface area (TPSA) is 75.4 Å². The zero-order chi connectivity index (χ0) is 18.8. The lowest BCUT2D eigenvalue weighted by molar-refractivity contribution is -0.123. The van der Waals surface area contributed by atoms with Crippen molar-refractivity contribution in [2.75, 3.05) is 42.6 Å². The van der Waals surface area contributed by atoms with Crippen LogP contribution in [0.25, 0.3) is 10.9 Å². The number of aryl methyl sites for hydroxylation is 1. The summed E-state index contributed by atoms with van der Waals surface area (Å²) in [7, 11) is 0. The van der Waals surface area contributed by atoms with E-state index < -0.39 is 0 Å². The van der Waals surface area contributed by atoms with Gasteiger partial charge < -0.3 is 10.6 Å². The van der Waals surface area contributed by atoms with Gasteiger partial charge in [-0.2, -0.15) is 11.8 Å². The summed E-state index contributed by atoms with van der Waals surface area (Å²) in [5.74, 6) is 3.92. The third-order valence-corrected chi connectivity index (χ3v) is 6.40. The Morgan fingerprint density at radius 3 is 2.85 bits per heavy atom. The van der Waals surface area contributed by atoms with Gasteiger partial charge in [0.15, 0.2) is 0 Å². The molecule has 7 heteroatoms. The molecule has 0 radical (unpaired) electrons. The fourth-order valence-corrected chi connectivity index (χ4v) is 4.89. The van der Waals surface area contributed by atoms with E-state index in [4.69, 9.17) is 15.7 Å². The molecule has 1 atom stereocenters. The number of benzene rings is 1. The van der Waals surface area contributed by atoms with Gasteiger partial charge in [-0.1, -0.05) is 11.6 Å². The van der Waals surface area contributed by atoms with E-state index in [1.54, 1.807) is 0 Å². The molecule has 2 aromatic rings. The summed E-state index contributed by atoms with van der Waals surface area (Å²) in [4.78, 5) is 26.1. The number of hydrogen-bond donors (Lipinski definition) is 1. The van der Waals surface area contributed by atoms with Gasteiger partial charge >= 0.3 is 0 Å². The highest BCUT2D eigenvalue weighted by Crippen LogP contribution is 2.28. The average Bonchev–Trinajstić information content (AvgIpc) is 2.68. The first-order valence-electron chi connectivity index (χ1n) is 9.72. The lowest BCUT2D eigenvalue weighted by atomic mass is 9.97. The number of nitrogens with two attached hydrogens (primary N) is 1. The Morgan fingerprint density at radius 1 is 1.26 bits per heavy atom. The zero-order valence-electron chi connectivity index (χ0n) is 15.9. The molecule has 3 heterocycles. The number of aromatic nitrogens is 2. The number of amides is 1. The number of carbonyl (C=O) groups excluding carboxylic acids is 1. The Bertz CT molecular complexity index is 836. The zero-order valence-corrected chi connectivity index (χ0v) is 16.7. The van der Waals surface area contributed by atoms with Crippen LogP contribution in [-0.4, -0.2) is 58.5 Å². The Morgan fingerprint density at radius 2 is 2.07 bits per heavy atom. The van der Waals surface area contributed by atoms with Gasteiger partial charge in [0.2, 0.25) is 5.91 Å². The van der Waals surface area contributed by atoms with Gasteiger partial charge in [0, 0.05) is 36.5 Å². The maximum atomic E-state index is 11.6. The number of likely N-dealkylation sites (tertiary alicyclic amines) is 1. The van der Waals surface area contributed by atoms with Crippen molar-refractivity contribution in [3.05, 3.63) is 29.6 Å². The van der Waals surface area contributed by atoms with Gasteiger partial charge in [-0.15, -0.1) is 0 Å². The van der Waals surface area contributed by atoms with E-state index in [2.05, 4.69) is 34.9 Å². The number of anilines is 1. The number of fused-ring (bicyclic) bond motifs is 1. The predicted octanol–water partition coefficient (Wildman–Crippen LogP) is 2.19. The largest absolute Gasteiger partial charge is 0.369 e. The number of thioether (sulfide) groups is 1. The minimum Gasteiger partial charge on any atom is -0.369 e. The normalized spacial score (nSPS) is 21.5. The monoisotopic (exact) mass is 385 g/mol. The van der Waals surface area contributed by atoms with Crippen LogP contribution < -0.4 is 10.6 Å². The highest BCUT2D eigenvalue weighted by molar-refractivity contribution is 7.99. The van der Waals surface area contributed by atoms with Crippen molar-refractivity contribution in [1.82, 2.24) is 14.9 Å². The summed E-state index contributed by atoms with van der Waals surface area (Å²) in [6.07, 6.45) is 1.89. The third-order valence-electron chi connectivity index (χ3n) is 5.46. The summed E-state index contributed by atoms with van der Waals surface area (Å²) in [6, 6.07) is 6.40. The maximum absolute atomic E-state index is 11.6. The fraction of sp³-hybridized carbons (Fsp3) is 0.550. The van der Waals surface area contributed by atoms with E-state index in [-0.39, 0.29) is 11.8 Å². The smallest absolute Gasteiger partial charge is 0.221 e. The summed E-state index contributed by atoms with van der Waals surface area (Å²) in [5.41, 5.74) is 7.76. The molecule has 0 spiro atoms. The van der Waals surface area contributed by atoms with Crippen LogP contribution in [0, 0.1) is 12.8 Å². The van der Waals surface area contributed by atoms with E-state index in [1.165, 1.54) is 5.56 Å². The van der Waals surface area contributed by atoms with Gasteiger partial charge in [0.1, 0.15) is 11.6 Å². The van der Waals surface area contributed by atoms with Crippen molar-refractivity contribution >= 4 is 34.4 Å². The minimum absolute atomic E-state index is 0.0551. The standard InChI is InChI=1S/C20H27N5OS/c1-14-4-5-17-16(11-14)20(25-7-9-27-10-8-25)23-18(22-17)13-24-6-2-3-15(12-24)19(21)26/h4-5,11,15H,2-3,6-10,12-13H2,1H3,(H2,21,26). The molecule has 4 rings (SSSR count). The molecule has 6 nitrogen and oxygen atoms in total. The quantitative estimate of drug-likeness (QED) is 0.870. The molecule has 2 aliphatic rings. The second-order valence-corrected chi connectivity index (χ2v) is 8.78. The first kappa shape index (κ1) is 18.5. The molecule has 2 N–H and O–H groups in total. The molecule has 1 aromatic carbocycles. The third kappa shape index (κ3) is 4.19. The highest BCUT2D eigenvalue weighted by Gasteiger charge is 2.25. The second kappa shape index (κ2) is 8.02. The summed E-state index contributed by atoms with van der Waals surface area (Å²) in [5, 5.41) is 1.14. The molecule has 0 aliphatic carbocycles. The van der Waals surface area contributed by atoms with Crippen LogP contribution in [0.2, 0.25) is 0 Å². The van der Waals surface area contributed by atoms with Crippen molar-refractivity contribution in [3.63, 3.8) is 0 Å².